The molecule has 0 spiro atoms. The number of amides is 1. The number of carbonyl (C=O) groups is 1. The Hall–Kier alpha value is -4.06. The van der Waals surface area contributed by atoms with E-state index in [4.69, 9.17) is 9.47 Å². The van der Waals surface area contributed by atoms with Crippen molar-refractivity contribution in [2.75, 3.05) is 19.0 Å². The molecule has 6 heteroatoms. The van der Waals surface area contributed by atoms with Gasteiger partial charge in [0.05, 0.1) is 19.1 Å². The molecule has 0 unspecified atom stereocenters. The van der Waals surface area contributed by atoms with Gasteiger partial charge < -0.3 is 19.4 Å². The number of imidazole rings is 1. The van der Waals surface area contributed by atoms with E-state index in [-0.39, 0.29) is 12.5 Å². The highest BCUT2D eigenvalue weighted by atomic mass is 16.5. The molecular formula is C24H21N3O3. The van der Waals surface area contributed by atoms with Gasteiger partial charge in [-0.1, -0.05) is 42.5 Å². The second-order valence-corrected chi connectivity index (χ2v) is 6.58. The third-order valence-corrected chi connectivity index (χ3v) is 4.58. The Morgan fingerprint density at radius 3 is 2.47 bits per heavy atom. The second kappa shape index (κ2) is 8.96. The van der Waals surface area contributed by atoms with Crippen LogP contribution in [0.15, 0.2) is 91.5 Å². The van der Waals surface area contributed by atoms with Crippen LogP contribution in [0.3, 0.4) is 0 Å². The van der Waals surface area contributed by atoms with Gasteiger partial charge in [0.1, 0.15) is 11.5 Å². The van der Waals surface area contributed by atoms with Crippen LogP contribution in [-0.2, 0) is 4.79 Å². The Kier molecular flexibility index (Phi) is 5.75. The first kappa shape index (κ1) is 19.3. The average molecular weight is 399 g/mol. The summed E-state index contributed by atoms with van der Waals surface area (Å²) in [5.41, 5.74) is 3.78. The summed E-state index contributed by atoms with van der Waals surface area (Å²) in [5.74, 6) is 0.938. The van der Waals surface area contributed by atoms with Crippen molar-refractivity contribution >= 4 is 11.6 Å². The van der Waals surface area contributed by atoms with Gasteiger partial charge in [-0.3, -0.25) is 4.79 Å². The zero-order valence-corrected chi connectivity index (χ0v) is 16.5. The lowest BCUT2D eigenvalue weighted by Crippen LogP contribution is -2.20. The van der Waals surface area contributed by atoms with Crippen molar-refractivity contribution in [2.45, 2.75) is 0 Å². The highest BCUT2D eigenvalue weighted by Crippen LogP contribution is 2.28. The minimum absolute atomic E-state index is 0.103. The molecule has 0 bridgehead atoms. The second-order valence-electron chi connectivity index (χ2n) is 6.58. The highest BCUT2D eigenvalue weighted by Gasteiger charge is 2.09. The summed E-state index contributed by atoms with van der Waals surface area (Å²) >= 11 is 0. The van der Waals surface area contributed by atoms with E-state index in [9.17, 15) is 4.79 Å². The van der Waals surface area contributed by atoms with Crippen LogP contribution in [0, 0.1) is 0 Å². The van der Waals surface area contributed by atoms with Crippen molar-refractivity contribution in [3.8, 4) is 28.3 Å². The van der Waals surface area contributed by atoms with Crippen molar-refractivity contribution in [3.05, 3.63) is 91.5 Å². The number of hydrogen-bond acceptors (Lipinski definition) is 4. The van der Waals surface area contributed by atoms with E-state index in [0.29, 0.717) is 11.5 Å². The fourth-order valence-electron chi connectivity index (χ4n) is 3.09. The predicted octanol–water partition coefficient (Wildman–Crippen LogP) is 4.57. The molecule has 4 aromatic rings. The molecule has 6 nitrogen and oxygen atoms in total. The molecule has 1 amide bonds. The molecule has 4 rings (SSSR count). The first-order valence-corrected chi connectivity index (χ1v) is 9.47. The standard InChI is InChI=1S/C24H21N3O3/c1-29-23-15-21(11-12-22(23)27-14-13-25-17-27)30-16-24(28)26-20-9-7-19(8-10-20)18-5-3-2-4-6-18/h2-15,17H,16H2,1H3,(H,26,28). The quantitative estimate of drug-likeness (QED) is 0.495. The number of aromatic nitrogens is 2. The van der Waals surface area contributed by atoms with E-state index in [1.54, 1.807) is 31.8 Å². The van der Waals surface area contributed by atoms with Gasteiger partial charge >= 0.3 is 0 Å². The predicted molar refractivity (Wildman–Crippen MR) is 116 cm³/mol. The minimum atomic E-state index is -0.236. The molecule has 150 valence electrons. The average Bonchev–Trinajstić information content (AvgIpc) is 3.33. The van der Waals surface area contributed by atoms with Gasteiger partial charge in [-0.15, -0.1) is 0 Å². The molecule has 30 heavy (non-hydrogen) atoms. The number of methoxy groups -OCH3 is 1. The summed E-state index contributed by atoms with van der Waals surface area (Å²) in [6.45, 7) is -0.103. The monoisotopic (exact) mass is 399 g/mol. The topological polar surface area (TPSA) is 65.4 Å². The lowest BCUT2D eigenvalue weighted by atomic mass is 10.1. The molecule has 0 aliphatic carbocycles. The van der Waals surface area contributed by atoms with Crippen LogP contribution in [0.2, 0.25) is 0 Å². The van der Waals surface area contributed by atoms with Gasteiger partial charge in [-0.05, 0) is 35.4 Å². The molecule has 0 aliphatic heterocycles. The van der Waals surface area contributed by atoms with Crippen LogP contribution in [0.4, 0.5) is 5.69 Å². The molecule has 0 aliphatic rings. The summed E-state index contributed by atoms with van der Waals surface area (Å²) in [5, 5.41) is 2.85. The van der Waals surface area contributed by atoms with Crippen LogP contribution < -0.4 is 14.8 Å². The van der Waals surface area contributed by atoms with Gasteiger partial charge in [-0.25, -0.2) is 4.98 Å². The molecule has 1 N–H and O–H groups in total. The summed E-state index contributed by atoms with van der Waals surface area (Å²) in [6.07, 6.45) is 5.21. The zero-order chi connectivity index (χ0) is 20.8. The zero-order valence-electron chi connectivity index (χ0n) is 16.5. The summed E-state index contributed by atoms with van der Waals surface area (Å²) in [6, 6.07) is 23.2. The molecule has 1 aromatic heterocycles. The van der Waals surface area contributed by atoms with E-state index in [2.05, 4.69) is 10.3 Å². The molecule has 0 saturated carbocycles. The van der Waals surface area contributed by atoms with Crippen molar-refractivity contribution in [1.29, 1.82) is 0 Å². The largest absolute Gasteiger partial charge is 0.494 e. The van der Waals surface area contributed by atoms with Crippen molar-refractivity contribution in [1.82, 2.24) is 9.55 Å². The van der Waals surface area contributed by atoms with E-state index < -0.39 is 0 Å². The SMILES string of the molecule is COc1cc(OCC(=O)Nc2ccc(-c3ccccc3)cc2)ccc1-n1ccnc1. The third kappa shape index (κ3) is 4.50. The normalized spacial score (nSPS) is 10.4. The first-order chi connectivity index (χ1) is 14.7. The molecular weight excluding hydrogens is 378 g/mol. The number of nitrogens with zero attached hydrogens (tertiary/aromatic N) is 2. The number of ether oxygens (including phenoxy) is 2. The summed E-state index contributed by atoms with van der Waals surface area (Å²) in [4.78, 5) is 16.3. The molecule has 0 saturated heterocycles. The van der Waals surface area contributed by atoms with Crippen molar-refractivity contribution in [2.24, 2.45) is 0 Å². The molecule has 1 heterocycles. The first-order valence-electron chi connectivity index (χ1n) is 9.47. The highest BCUT2D eigenvalue weighted by molar-refractivity contribution is 5.92. The fourth-order valence-corrected chi connectivity index (χ4v) is 3.09. The van der Waals surface area contributed by atoms with Crippen LogP contribution in [0.5, 0.6) is 11.5 Å². The van der Waals surface area contributed by atoms with E-state index in [1.807, 2.05) is 71.4 Å². The smallest absolute Gasteiger partial charge is 0.262 e. The van der Waals surface area contributed by atoms with E-state index in [1.165, 1.54) is 0 Å². The van der Waals surface area contributed by atoms with Crippen LogP contribution >= 0.6 is 0 Å². The van der Waals surface area contributed by atoms with Gasteiger partial charge in [-0.2, -0.15) is 0 Å². The van der Waals surface area contributed by atoms with Crippen LogP contribution in [0.25, 0.3) is 16.8 Å². The third-order valence-electron chi connectivity index (χ3n) is 4.58. The summed E-state index contributed by atoms with van der Waals surface area (Å²) in [7, 11) is 1.59. The Bertz CT molecular complexity index is 1110. The Balaban J connectivity index is 1.36. The van der Waals surface area contributed by atoms with Gasteiger partial charge in [0, 0.05) is 24.1 Å². The van der Waals surface area contributed by atoms with Crippen LogP contribution in [0.1, 0.15) is 0 Å². The molecule has 0 radical (unpaired) electrons. The number of nitrogens with one attached hydrogen (secondary N) is 1. The van der Waals surface area contributed by atoms with E-state index in [0.717, 1.165) is 22.5 Å². The molecule has 3 aromatic carbocycles. The van der Waals surface area contributed by atoms with E-state index >= 15 is 0 Å². The maximum Gasteiger partial charge on any atom is 0.262 e. The molecule has 0 fully saturated rings. The van der Waals surface area contributed by atoms with Crippen LogP contribution in [-0.4, -0.2) is 29.2 Å². The number of hydrogen-bond donors (Lipinski definition) is 1. The van der Waals surface area contributed by atoms with Gasteiger partial charge in [0.2, 0.25) is 0 Å². The van der Waals surface area contributed by atoms with Crippen molar-refractivity contribution in [3.63, 3.8) is 0 Å². The summed E-state index contributed by atoms with van der Waals surface area (Å²) < 4.78 is 12.9. The lowest BCUT2D eigenvalue weighted by molar-refractivity contribution is -0.118. The Labute approximate surface area is 174 Å². The maximum atomic E-state index is 12.3. The van der Waals surface area contributed by atoms with Crippen molar-refractivity contribution < 1.29 is 14.3 Å². The Morgan fingerprint density at radius 1 is 1.00 bits per heavy atom. The van der Waals surface area contributed by atoms with Gasteiger partial charge in [0.25, 0.3) is 5.91 Å². The number of rotatable bonds is 7. The maximum absolute atomic E-state index is 12.3. The number of carbonyl (C=O) groups excluding carboxylic acids is 1. The number of benzene rings is 3. The minimum Gasteiger partial charge on any atom is -0.494 e. The molecule has 0 atom stereocenters. The lowest BCUT2D eigenvalue weighted by Gasteiger charge is -2.12. The number of anilines is 1. The Morgan fingerprint density at radius 2 is 1.77 bits per heavy atom. The fraction of sp³-hybridized carbons (Fsp3) is 0.0833. The van der Waals surface area contributed by atoms with Gasteiger partial charge in [0.15, 0.2) is 6.61 Å².